The number of fused-ring (bicyclic) bond motifs is 1. The highest BCUT2D eigenvalue weighted by Gasteiger charge is 2.07. The van der Waals surface area contributed by atoms with Crippen LogP contribution >= 0.6 is 0 Å². The fourth-order valence-corrected chi connectivity index (χ4v) is 1.46. The Morgan fingerprint density at radius 2 is 2.33 bits per heavy atom. The lowest BCUT2D eigenvalue weighted by Crippen LogP contribution is -2.23. The van der Waals surface area contributed by atoms with Gasteiger partial charge in [0.1, 0.15) is 5.82 Å². The van der Waals surface area contributed by atoms with Crippen molar-refractivity contribution in [2.45, 2.75) is 0 Å². The van der Waals surface area contributed by atoms with Gasteiger partial charge in [0.25, 0.3) is 0 Å². The molecule has 0 unspecified atom stereocenters. The number of nitrogens with two attached hydrogens (primary N) is 1. The van der Waals surface area contributed by atoms with Crippen LogP contribution in [0, 0.1) is 0 Å². The van der Waals surface area contributed by atoms with Crippen molar-refractivity contribution in [2.75, 3.05) is 30.8 Å². The molecule has 0 aliphatic carbocycles. The summed E-state index contributed by atoms with van der Waals surface area (Å²) in [6.07, 6.45) is 0. The zero-order valence-corrected chi connectivity index (χ0v) is 8.46. The normalized spacial score (nSPS) is 10.8. The van der Waals surface area contributed by atoms with E-state index < -0.39 is 0 Å². The largest absolute Gasteiger partial charge is 0.395 e. The van der Waals surface area contributed by atoms with Crippen LogP contribution in [0.4, 0.5) is 11.8 Å². The van der Waals surface area contributed by atoms with E-state index >= 15 is 0 Å². The van der Waals surface area contributed by atoms with Gasteiger partial charge in [0.15, 0.2) is 5.65 Å². The molecule has 15 heavy (non-hydrogen) atoms. The van der Waals surface area contributed by atoms with Gasteiger partial charge in [0.2, 0.25) is 5.95 Å². The SMILES string of the molecule is CN(CCO)c1cccc2nc(N)nn12. The minimum atomic E-state index is 0.0943. The van der Waals surface area contributed by atoms with E-state index in [1.165, 1.54) is 0 Å². The zero-order chi connectivity index (χ0) is 10.8. The Balaban J connectivity index is 2.50. The second kappa shape index (κ2) is 3.74. The fraction of sp³-hybridized carbons (Fsp3) is 0.333. The Bertz CT molecular complexity index is 466. The van der Waals surface area contributed by atoms with E-state index in [0.717, 1.165) is 5.82 Å². The van der Waals surface area contributed by atoms with Gasteiger partial charge < -0.3 is 15.7 Å². The molecule has 0 amide bonds. The lowest BCUT2D eigenvalue weighted by molar-refractivity contribution is 0.303. The molecule has 0 radical (unpaired) electrons. The van der Waals surface area contributed by atoms with Gasteiger partial charge >= 0.3 is 0 Å². The highest BCUT2D eigenvalue weighted by atomic mass is 16.3. The number of hydrogen-bond acceptors (Lipinski definition) is 5. The summed E-state index contributed by atoms with van der Waals surface area (Å²) in [5, 5.41) is 12.9. The number of hydrogen-bond donors (Lipinski definition) is 2. The van der Waals surface area contributed by atoms with Crippen LogP contribution in [0.2, 0.25) is 0 Å². The fourth-order valence-electron chi connectivity index (χ4n) is 1.46. The lowest BCUT2D eigenvalue weighted by Gasteiger charge is -2.17. The number of aromatic nitrogens is 3. The third-order valence-corrected chi connectivity index (χ3v) is 2.18. The molecule has 6 nitrogen and oxygen atoms in total. The first-order chi connectivity index (χ1) is 7.22. The second-order valence-electron chi connectivity index (χ2n) is 3.27. The highest BCUT2D eigenvalue weighted by Crippen LogP contribution is 2.14. The summed E-state index contributed by atoms with van der Waals surface area (Å²) >= 11 is 0. The third kappa shape index (κ3) is 1.71. The van der Waals surface area contributed by atoms with Gasteiger partial charge in [-0.05, 0) is 12.1 Å². The number of nitrogens with zero attached hydrogens (tertiary/aromatic N) is 4. The van der Waals surface area contributed by atoms with Crippen LogP contribution < -0.4 is 10.6 Å². The third-order valence-electron chi connectivity index (χ3n) is 2.18. The Morgan fingerprint density at radius 1 is 1.53 bits per heavy atom. The standard InChI is InChI=1S/C9H13N5O/c1-13(5-6-15)8-4-2-3-7-11-9(10)12-14(7)8/h2-4,15H,5-6H2,1H3,(H2,10,12). The van der Waals surface area contributed by atoms with Gasteiger partial charge in [0, 0.05) is 13.6 Å². The summed E-state index contributed by atoms with van der Waals surface area (Å²) in [5.74, 6) is 1.10. The number of aliphatic hydroxyl groups is 1. The summed E-state index contributed by atoms with van der Waals surface area (Å²) in [6.45, 7) is 0.635. The molecule has 0 saturated carbocycles. The number of anilines is 2. The van der Waals surface area contributed by atoms with Crippen LogP contribution in [0.25, 0.3) is 5.65 Å². The molecular formula is C9H13N5O. The maximum Gasteiger partial charge on any atom is 0.240 e. The minimum Gasteiger partial charge on any atom is -0.395 e. The van der Waals surface area contributed by atoms with E-state index in [2.05, 4.69) is 10.1 Å². The Labute approximate surface area is 86.9 Å². The molecule has 2 rings (SSSR count). The molecular weight excluding hydrogens is 194 g/mol. The summed E-state index contributed by atoms with van der Waals surface area (Å²) < 4.78 is 1.66. The maximum absolute atomic E-state index is 8.86. The van der Waals surface area contributed by atoms with Crippen molar-refractivity contribution in [2.24, 2.45) is 0 Å². The molecule has 0 bridgehead atoms. The van der Waals surface area contributed by atoms with Crippen molar-refractivity contribution < 1.29 is 5.11 Å². The summed E-state index contributed by atoms with van der Waals surface area (Å²) in [6, 6.07) is 5.61. The van der Waals surface area contributed by atoms with Crippen molar-refractivity contribution in [3.8, 4) is 0 Å². The Hall–Kier alpha value is -1.82. The first-order valence-electron chi connectivity index (χ1n) is 4.65. The molecule has 0 saturated heterocycles. The van der Waals surface area contributed by atoms with E-state index in [9.17, 15) is 0 Å². The quantitative estimate of drug-likeness (QED) is 0.725. The molecule has 6 heteroatoms. The monoisotopic (exact) mass is 207 g/mol. The summed E-state index contributed by atoms with van der Waals surface area (Å²) in [7, 11) is 1.88. The van der Waals surface area contributed by atoms with E-state index in [1.54, 1.807) is 4.52 Å². The van der Waals surface area contributed by atoms with Gasteiger partial charge in [0.05, 0.1) is 6.61 Å². The smallest absolute Gasteiger partial charge is 0.240 e. The molecule has 0 atom stereocenters. The molecule has 2 aromatic rings. The second-order valence-corrected chi connectivity index (χ2v) is 3.27. The predicted octanol–water partition coefficient (Wildman–Crippen LogP) is -0.260. The first kappa shape index (κ1) is 9.72. The first-order valence-corrected chi connectivity index (χ1v) is 4.65. The summed E-state index contributed by atoms with van der Waals surface area (Å²) in [5.41, 5.74) is 6.23. The van der Waals surface area contributed by atoms with Crippen LogP contribution in [0.15, 0.2) is 18.2 Å². The summed E-state index contributed by atoms with van der Waals surface area (Å²) in [4.78, 5) is 5.95. The lowest BCUT2D eigenvalue weighted by atomic mass is 10.4. The number of rotatable bonds is 3. The van der Waals surface area contributed by atoms with Crippen LogP contribution in [0.5, 0.6) is 0 Å². The van der Waals surface area contributed by atoms with E-state index in [0.29, 0.717) is 12.2 Å². The van der Waals surface area contributed by atoms with Crippen molar-refractivity contribution in [1.82, 2.24) is 14.6 Å². The number of aliphatic hydroxyl groups excluding tert-OH is 1. The number of likely N-dealkylation sites (N-methyl/N-ethyl adjacent to an activating group) is 1. The van der Waals surface area contributed by atoms with Crippen LogP contribution in [-0.4, -0.2) is 39.9 Å². The van der Waals surface area contributed by atoms with Crippen molar-refractivity contribution >= 4 is 17.4 Å². The van der Waals surface area contributed by atoms with Gasteiger partial charge in [-0.25, -0.2) is 0 Å². The average molecular weight is 207 g/mol. The highest BCUT2D eigenvalue weighted by molar-refractivity contribution is 5.51. The van der Waals surface area contributed by atoms with Crippen molar-refractivity contribution in [3.05, 3.63) is 18.2 Å². The molecule has 0 aromatic carbocycles. The van der Waals surface area contributed by atoms with E-state index in [4.69, 9.17) is 10.8 Å². The minimum absolute atomic E-state index is 0.0943. The molecule has 3 N–H and O–H groups in total. The molecule has 2 heterocycles. The maximum atomic E-state index is 8.86. The number of pyridine rings is 1. The Morgan fingerprint density at radius 3 is 3.07 bits per heavy atom. The molecule has 0 spiro atoms. The number of nitrogen functional groups attached to an aromatic ring is 1. The van der Waals surface area contributed by atoms with Crippen LogP contribution in [0.1, 0.15) is 0 Å². The topological polar surface area (TPSA) is 79.7 Å². The molecule has 0 fully saturated rings. The van der Waals surface area contributed by atoms with Crippen LogP contribution in [-0.2, 0) is 0 Å². The van der Waals surface area contributed by atoms with Gasteiger partial charge in [-0.15, -0.1) is 5.10 Å². The predicted molar refractivity (Wildman–Crippen MR) is 57.8 cm³/mol. The van der Waals surface area contributed by atoms with Gasteiger partial charge in [-0.1, -0.05) is 6.07 Å². The van der Waals surface area contributed by atoms with Gasteiger partial charge in [-0.2, -0.15) is 9.50 Å². The molecule has 2 aromatic heterocycles. The van der Waals surface area contributed by atoms with Crippen molar-refractivity contribution in [1.29, 1.82) is 0 Å². The van der Waals surface area contributed by atoms with Gasteiger partial charge in [-0.3, -0.25) is 0 Å². The zero-order valence-electron chi connectivity index (χ0n) is 8.46. The molecule has 80 valence electrons. The Kier molecular flexibility index (Phi) is 2.42. The average Bonchev–Trinajstić information content (AvgIpc) is 2.57. The van der Waals surface area contributed by atoms with E-state index in [1.807, 2.05) is 30.1 Å². The van der Waals surface area contributed by atoms with Crippen LogP contribution in [0.3, 0.4) is 0 Å². The van der Waals surface area contributed by atoms with Crippen molar-refractivity contribution in [3.63, 3.8) is 0 Å². The molecule has 0 aliphatic heterocycles. The molecule has 0 aliphatic rings. The van der Waals surface area contributed by atoms with E-state index in [-0.39, 0.29) is 12.6 Å².